The number of methoxy groups -OCH3 is 1. The Bertz CT molecular complexity index is 944. The molecule has 2 amide bonds. The Morgan fingerprint density at radius 1 is 1.09 bits per heavy atom. The number of hydrogen-bond acceptors (Lipinski definition) is 4. The highest BCUT2D eigenvalue weighted by atomic mass is 16.5. The highest BCUT2D eigenvalue weighted by molar-refractivity contribution is 5.99. The van der Waals surface area contributed by atoms with E-state index < -0.39 is 5.54 Å². The molecule has 1 aliphatic heterocycles. The van der Waals surface area contributed by atoms with Gasteiger partial charge in [-0.25, -0.2) is 0 Å². The molecule has 2 aromatic carbocycles. The molecule has 2 aromatic rings. The van der Waals surface area contributed by atoms with Crippen LogP contribution in [-0.4, -0.2) is 42.5 Å². The van der Waals surface area contributed by atoms with Crippen molar-refractivity contribution in [1.82, 2.24) is 10.2 Å². The Hall–Kier alpha value is -3.02. The number of carbonyl (C=O) groups is 2. The van der Waals surface area contributed by atoms with Crippen molar-refractivity contribution in [3.63, 3.8) is 0 Å². The zero-order valence-electron chi connectivity index (χ0n) is 19.7. The minimum absolute atomic E-state index is 0.110. The Kier molecular flexibility index (Phi) is 7.44. The van der Waals surface area contributed by atoms with Crippen LogP contribution < -0.4 is 14.8 Å². The standard InChI is InChI=1S/C26H34N2O4/c1-18(2)17-32-22-13-12-21(16-23(22)31-5)19(3)27-25(30)26(4)14-9-15-28(26)24(29)20-10-7-6-8-11-20/h6-8,10-13,16,18-19H,9,14-15,17H2,1-5H3,(H,27,30). The van der Waals surface area contributed by atoms with Crippen molar-refractivity contribution in [1.29, 1.82) is 0 Å². The van der Waals surface area contributed by atoms with E-state index in [0.29, 0.717) is 42.6 Å². The van der Waals surface area contributed by atoms with E-state index in [1.54, 1.807) is 24.1 Å². The number of likely N-dealkylation sites (tertiary alicyclic amines) is 1. The Morgan fingerprint density at radius 3 is 2.47 bits per heavy atom. The topological polar surface area (TPSA) is 67.9 Å². The first-order chi connectivity index (χ1) is 15.3. The lowest BCUT2D eigenvalue weighted by Crippen LogP contribution is -2.55. The van der Waals surface area contributed by atoms with Gasteiger partial charge < -0.3 is 19.7 Å². The predicted molar refractivity (Wildman–Crippen MR) is 125 cm³/mol. The third kappa shape index (κ3) is 5.06. The molecule has 1 saturated heterocycles. The van der Waals surface area contributed by atoms with Crippen LogP contribution in [0.2, 0.25) is 0 Å². The van der Waals surface area contributed by atoms with E-state index in [1.807, 2.05) is 50.2 Å². The van der Waals surface area contributed by atoms with Crippen LogP contribution in [0.5, 0.6) is 11.5 Å². The fraction of sp³-hybridized carbons (Fsp3) is 0.462. The number of nitrogens with zero attached hydrogens (tertiary/aromatic N) is 1. The lowest BCUT2D eigenvalue weighted by atomic mass is 9.95. The number of benzene rings is 2. The molecule has 1 N–H and O–H groups in total. The SMILES string of the molecule is COc1cc(C(C)NC(=O)C2(C)CCCN2C(=O)c2ccccc2)ccc1OCC(C)C. The van der Waals surface area contributed by atoms with Gasteiger partial charge in [0.1, 0.15) is 5.54 Å². The smallest absolute Gasteiger partial charge is 0.254 e. The van der Waals surface area contributed by atoms with Crippen LogP contribution in [-0.2, 0) is 4.79 Å². The molecular weight excluding hydrogens is 404 g/mol. The number of rotatable bonds is 8. The van der Waals surface area contributed by atoms with Gasteiger partial charge in [0.2, 0.25) is 5.91 Å². The molecule has 0 saturated carbocycles. The number of ether oxygens (including phenoxy) is 2. The molecule has 0 aliphatic carbocycles. The minimum Gasteiger partial charge on any atom is -0.493 e. The van der Waals surface area contributed by atoms with Crippen LogP contribution in [0.1, 0.15) is 62.5 Å². The summed E-state index contributed by atoms with van der Waals surface area (Å²) in [6.07, 6.45) is 1.43. The lowest BCUT2D eigenvalue weighted by Gasteiger charge is -2.35. The molecular formula is C26H34N2O4. The third-order valence-electron chi connectivity index (χ3n) is 6.00. The number of amides is 2. The third-order valence-corrected chi connectivity index (χ3v) is 6.00. The molecule has 2 unspecified atom stereocenters. The molecule has 2 atom stereocenters. The van der Waals surface area contributed by atoms with Crippen molar-refractivity contribution < 1.29 is 19.1 Å². The molecule has 1 fully saturated rings. The van der Waals surface area contributed by atoms with Gasteiger partial charge in [-0.3, -0.25) is 9.59 Å². The Morgan fingerprint density at radius 2 is 1.81 bits per heavy atom. The number of nitrogens with one attached hydrogen (secondary N) is 1. The fourth-order valence-electron chi connectivity index (χ4n) is 4.03. The van der Waals surface area contributed by atoms with Gasteiger partial charge in [-0.2, -0.15) is 0 Å². The maximum Gasteiger partial charge on any atom is 0.254 e. The Balaban J connectivity index is 1.73. The van der Waals surface area contributed by atoms with Crippen LogP contribution in [0.3, 0.4) is 0 Å². The van der Waals surface area contributed by atoms with Gasteiger partial charge in [0.05, 0.1) is 19.8 Å². The average molecular weight is 439 g/mol. The van der Waals surface area contributed by atoms with Gasteiger partial charge in [0, 0.05) is 12.1 Å². The van der Waals surface area contributed by atoms with Crippen LogP contribution in [0.25, 0.3) is 0 Å². The molecule has 6 nitrogen and oxygen atoms in total. The van der Waals surface area contributed by atoms with Crippen molar-refractivity contribution in [3.8, 4) is 11.5 Å². The monoisotopic (exact) mass is 438 g/mol. The number of hydrogen-bond donors (Lipinski definition) is 1. The normalized spacial score (nSPS) is 19.0. The van der Waals surface area contributed by atoms with E-state index in [4.69, 9.17) is 9.47 Å². The predicted octanol–water partition coefficient (Wildman–Crippen LogP) is 4.60. The second-order valence-corrected chi connectivity index (χ2v) is 9.01. The molecule has 0 spiro atoms. The van der Waals surface area contributed by atoms with Crippen LogP contribution in [0, 0.1) is 5.92 Å². The highest BCUT2D eigenvalue weighted by Gasteiger charge is 2.46. The quantitative estimate of drug-likeness (QED) is 0.654. The molecule has 3 rings (SSSR count). The van der Waals surface area contributed by atoms with E-state index >= 15 is 0 Å². The molecule has 0 aromatic heterocycles. The molecule has 0 radical (unpaired) electrons. The molecule has 6 heteroatoms. The molecule has 172 valence electrons. The summed E-state index contributed by atoms with van der Waals surface area (Å²) in [6, 6.07) is 14.6. The van der Waals surface area contributed by atoms with Crippen LogP contribution in [0.4, 0.5) is 0 Å². The lowest BCUT2D eigenvalue weighted by molar-refractivity contribution is -0.130. The van der Waals surface area contributed by atoms with Gasteiger partial charge in [0.25, 0.3) is 5.91 Å². The Labute approximate surface area is 190 Å². The van der Waals surface area contributed by atoms with Crippen molar-refractivity contribution in [2.75, 3.05) is 20.3 Å². The molecule has 1 heterocycles. The van der Waals surface area contributed by atoms with Crippen molar-refractivity contribution in [2.45, 2.75) is 52.1 Å². The first-order valence-electron chi connectivity index (χ1n) is 11.2. The van der Waals surface area contributed by atoms with Crippen LogP contribution >= 0.6 is 0 Å². The summed E-state index contributed by atoms with van der Waals surface area (Å²) < 4.78 is 11.3. The average Bonchev–Trinajstić information content (AvgIpc) is 3.20. The van der Waals surface area contributed by atoms with E-state index in [9.17, 15) is 9.59 Å². The van der Waals surface area contributed by atoms with Crippen molar-refractivity contribution in [2.24, 2.45) is 5.92 Å². The summed E-state index contributed by atoms with van der Waals surface area (Å²) in [4.78, 5) is 28.1. The zero-order valence-corrected chi connectivity index (χ0v) is 19.7. The molecule has 32 heavy (non-hydrogen) atoms. The molecule has 1 aliphatic rings. The highest BCUT2D eigenvalue weighted by Crippen LogP contribution is 2.33. The largest absolute Gasteiger partial charge is 0.493 e. The van der Waals surface area contributed by atoms with Gasteiger partial charge in [0.15, 0.2) is 11.5 Å². The van der Waals surface area contributed by atoms with E-state index in [1.165, 1.54) is 0 Å². The summed E-state index contributed by atoms with van der Waals surface area (Å²) >= 11 is 0. The summed E-state index contributed by atoms with van der Waals surface area (Å²) in [7, 11) is 1.61. The summed E-state index contributed by atoms with van der Waals surface area (Å²) in [6.45, 7) is 9.14. The maximum absolute atomic E-state index is 13.3. The number of carbonyl (C=O) groups excluding carboxylic acids is 2. The summed E-state index contributed by atoms with van der Waals surface area (Å²) in [5, 5.41) is 3.11. The fourth-order valence-corrected chi connectivity index (χ4v) is 4.03. The van der Waals surface area contributed by atoms with Gasteiger partial charge >= 0.3 is 0 Å². The minimum atomic E-state index is -0.883. The molecule has 0 bridgehead atoms. The van der Waals surface area contributed by atoms with E-state index in [-0.39, 0.29) is 17.9 Å². The first kappa shape index (κ1) is 23.6. The van der Waals surface area contributed by atoms with E-state index in [2.05, 4.69) is 19.2 Å². The second kappa shape index (κ2) is 10.1. The second-order valence-electron chi connectivity index (χ2n) is 9.01. The van der Waals surface area contributed by atoms with Gasteiger partial charge in [-0.1, -0.05) is 38.1 Å². The zero-order chi connectivity index (χ0) is 23.3. The van der Waals surface area contributed by atoms with Crippen LogP contribution in [0.15, 0.2) is 48.5 Å². The van der Waals surface area contributed by atoms with Gasteiger partial charge in [-0.05, 0) is 62.4 Å². The van der Waals surface area contributed by atoms with Crippen molar-refractivity contribution in [3.05, 3.63) is 59.7 Å². The summed E-state index contributed by atoms with van der Waals surface area (Å²) in [5.41, 5.74) is 0.629. The van der Waals surface area contributed by atoms with Gasteiger partial charge in [-0.15, -0.1) is 0 Å². The summed E-state index contributed by atoms with van der Waals surface area (Å²) in [5.74, 6) is 1.47. The first-order valence-corrected chi connectivity index (χ1v) is 11.2. The van der Waals surface area contributed by atoms with E-state index in [0.717, 1.165) is 12.0 Å². The van der Waals surface area contributed by atoms with Crippen molar-refractivity contribution >= 4 is 11.8 Å². The maximum atomic E-state index is 13.3.